The molecule has 3 nitrogen and oxygen atoms in total. The summed E-state index contributed by atoms with van der Waals surface area (Å²) in [6, 6.07) is 7.98. The van der Waals surface area contributed by atoms with Gasteiger partial charge in [0, 0.05) is 24.7 Å². The van der Waals surface area contributed by atoms with Crippen molar-refractivity contribution < 1.29 is 4.79 Å². The molecule has 1 heterocycles. The Kier molecular flexibility index (Phi) is 3.79. The summed E-state index contributed by atoms with van der Waals surface area (Å²) in [6.45, 7) is 3.39. The summed E-state index contributed by atoms with van der Waals surface area (Å²) in [5, 5.41) is 0. The first-order chi connectivity index (χ1) is 8.24. The summed E-state index contributed by atoms with van der Waals surface area (Å²) in [5.41, 5.74) is 7.61. The molecule has 0 aliphatic carbocycles. The second kappa shape index (κ2) is 5.32. The fraction of sp³-hybridized carbons (Fsp3) is 0.500. The normalized spacial score (nSPS) is 20.4. The zero-order valence-electron chi connectivity index (χ0n) is 10.4. The molecule has 0 bridgehead atoms. The average molecular weight is 232 g/mol. The monoisotopic (exact) mass is 232 g/mol. The fourth-order valence-corrected chi connectivity index (χ4v) is 2.48. The van der Waals surface area contributed by atoms with Crippen LogP contribution >= 0.6 is 0 Å². The lowest BCUT2D eigenvalue weighted by molar-refractivity contribution is 0.0622. The summed E-state index contributed by atoms with van der Waals surface area (Å²) in [4.78, 5) is 14.4. The van der Waals surface area contributed by atoms with Crippen LogP contribution in [0.1, 0.15) is 35.2 Å². The van der Waals surface area contributed by atoms with Crippen LogP contribution in [0.25, 0.3) is 0 Å². The van der Waals surface area contributed by atoms with Gasteiger partial charge in [0.25, 0.3) is 5.91 Å². The first-order valence-corrected chi connectivity index (χ1v) is 6.30. The third-order valence-corrected chi connectivity index (χ3v) is 3.54. The predicted molar refractivity (Wildman–Crippen MR) is 68.9 cm³/mol. The Balaban J connectivity index is 2.21. The molecule has 1 fully saturated rings. The molecule has 92 valence electrons. The average Bonchev–Trinajstić information content (AvgIpc) is 2.38. The van der Waals surface area contributed by atoms with Gasteiger partial charge in [-0.15, -0.1) is 0 Å². The lowest BCUT2D eigenvalue weighted by Crippen LogP contribution is -2.47. The van der Waals surface area contributed by atoms with Crippen LogP contribution in [0.4, 0.5) is 0 Å². The summed E-state index contributed by atoms with van der Waals surface area (Å²) >= 11 is 0. The maximum Gasteiger partial charge on any atom is 0.254 e. The Bertz CT molecular complexity index is 403. The van der Waals surface area contributed by atoms with E-state index in [0.717, 1.165) is 30.5 Å². The molecular formula is C14H20N2O. The Morgan fingerprint density at radius 3 is 2.88 bits per heavy atom. The van der Waals surface area contributed by atoms with Gasteiger partial charge in [0.1, 0.15) is 0 Å². The molecular weight excluding hydrogens is 212 g/mol. The highest BCUT2D eigenvalue weighted by molar-refractivity contribution is 5.95. The molecule has 1 saturated heterocycles. The van der Waals surface area contributed by atoms with Crippen LogP contribution in [0.5, 0.6) is 0 Å². The molecule has 1 aliphatic rings. The minimum absolute atomic E-state index is 0.137. The van der Waals surface area contributed by atoms with Crippen LogP contribution in [-0.2, 0) is 0 Å². The number of hydrogen-bond acceptors (Lipinski definition) is 2. The number of carbonyl (C=O) groups excluding carboxylic acids is 1. The standard InChI is InChI=1S/C14H20N2O/c1-11-6-2-3-8-13(11)14(17)16-9-5-4-7-12(16)10-15/h2-3,6,8,12H,4-5,7,9-10,15H2,1H3. The van der Waals surface area contributed by atoms with Gasteiger partial charge in [-0.1, -0.05) is 18.2 Å². The number of hydrogen-bond donors (Lipinski definition) is 1. The van der Waals surface area contributed by atoms with Crippen molar-refractivity contribution in [1.82, 2.24) is 4.90 Å². The third-order valence-electron chi connectivity index (χ3n) is 3.54. The van der Waals surface area contributed by atoms with Gasteiger partial charge in [-0.05, 0) is 37.8 Å². The highest BCUT2D eigenvalue weighted by Crippen LogP contribution is 2.20. The molecule has 3 heteroatoms. The van der Waals surface area contributed by atoms with E-state index in [-0.39, 0.29) is 11.9 Å². The highest BCUT2D eigenvalue weighted by atomic mass is 16.2. The van der Waals surface area contributed by atoms with Crippen molar-refractivity contribution in [1.29, 1.82) is 0 Å². The first kappa shape index (κ1) is 12.1. The van der Waals surface area contributed by atoms with E-state index >= 15 is 0 Å². The van der Waals surface area contributed by atoms with Gasteiger partial charge in [-0.3, -0.25) is 4.79 Å². The van der Waals surface area contributed by atoms with Crippen LogP contribution in [0.3, 0.4) is 0 Å². The Hall–Kier alpha value is -1.35. The molecule has 1 amide bonds. The Morgan fingerprint density at radius 2 is 2.18 bits per heavy atom. The molecule has 1 aromatic rings. The number of carbonyl (C=O) groups is 1. The largest absolute Gasteiger partial charge is 0.334 e. The van der Waals surface area contributed by atoms with Crippen LogP contribution in [0, 0.1) is 6.92 Å². The zero-order chi connectivity index (χ0) is 12.3. The van der Waals surface area contributed by atoms with Gasteiger partial charge in [-0.25, -0.2) is 0 Å². The second-order valence-corrected chi connectivity index (χ2v) is 4.70. The van der Waals surface area contributed by atoms with E-state index in [2.05, 4.69) is 0 Å². The third kappa shape index (κ3) is 2.50. The Morgan fingerprint density at radius 1 is 1.41 bits per heavy atom. The highest BCUT2D eigenvalue weighted by Gasteiger charge is 2.26. The maximum atomic E-state index is 12.5. The summed E-state index contributed by atoms with van der Waals surface area (Å²) in [7, 11) is 0. The van der Waals surface area contributed by atoms with Crippen LogP contribution in [0.2, 0.25) is 0 Å². The van der Waals surface area contributed by atoms with Crippen molar-refractivity contribution in [3.8, 4) is 0 Å². The van der Waals surface area contributed by atoms with Crippen molar-refractivity contribution in [3.63, 3.8) is 0 Å². The van der Waals surface area contributed by atoms with Gasteiger partial charge >= 0.3 is 0 Å². The van der Waals surface area contributed by atoms with Gasteiger partial charge in [-0.2, -0.15) is 0 Å². The van der Waals surface area contributed by atoms with Crippen LogP contribution in [0.15, 0.2) is 24.3 Å². The number of nitrogens with zero attached hydrogens (tertiary/aromatic N) is 1. The van der Waals surface area contributed by atoms with E-state index in [1.165, 1.54) is 6.42 Å². The number of benzene rings is 1. The minimum Gasteiger partial charge on any atom is -0.334 e. The topological polar surface area (TPSA) is 46.3 Å². The molecule has 0 spiro atoms. The van der Waals surface area contributed by atoms with E-state index < -0.39 is 0 Å². The molecule has 0 aromatic heterocycles. The smallest absolute Gasteiger partial charge is 0.254 e. The molecule has 0 radical (unpaired) electrons. The number of aryl methyl sites for hydroxylation is 1. The first-order valence-electron chi connectivity index (χ1n) is 6.30. The van der Waals surface area contributed by atoms with Gasteiger partial charge in [0.05, 0.1) is 0 Å². The SMILES string of the molecule is Cc1ccccc1C(=O)N1CCCCC1CN. The van der Waals surface area contributed by atoms with E-state index in [9.17, 15) is 4.79 Å². The van der Waals surface area contributed by atoms with Crippen LogP contribution < -0.4 is 5.73 Å². The lowest BCUT2D eigenvalue weighted by atomic mass is 9.99. The fourth-order valence-electron chi connectivity index (χ4n) is 2.48. The van der Waals surface area contributed by atoms with Crippen molar-refractivity contribution >= 4 is 5.91 Å². The number of piperidine rings is 1. The Labute approximate surface area is 103 Å². The molecule has 17 heavy (non-hydrogen) atoms. The van der Waals surface area contributed by atoms with Gasteiger partial charge in [0.2, 0.25) is 0 Å². The molecule has 2 rings (SSSR count). The van der Waals surface area contributed by atoms with Crippen LogP contribution in [-0.4, -0.2) is 29.9 Å². The van der Waals surface area contributed by atoms with E-state index in [1.54, 1.807) is 0 Å². The number of amides is 1. The zero-order valence-corrected chi connectivity index (χ0v) is 10.4. The predicted octanol–water partition coefficient (Wildman–Crippen LogP) is 1.95. The van der Waals surface area contributed by atoms with Gasteiger partial charge in [0.15, 0.2) is 0 Å². The van der Waals surface area contributed by atoms with E-state index in [0.29, 0.717) is 6.54 Å². The molecule has 0 saturated carbocycles. The van der Waals surface area contributed by atoms with Gasteiger partial charge < -0.3 is 10.6 Å². The number of likely N-dealkylation sites (tertiary alicyclic amines) is 1. The molecule has 1 aromatic carbocycles. The summed E-state index contributed by atoms with van der Waals surface area (Å²) < 4.78 is 0. The van der Waals surface area contributed by atoms with Crippen molar-refractivity contribution in [2.45, 2.75) is 32.2 Å². The number of nitrogens with two attached hydrogens (primary N) is 1. The van der Waals surface area contributed by atoms with Crippen molar-refractivity contribution in [2.75, 3.05) is 13.1 Å². The summed E-state index contributed by atoms with van der Waals surface area (Å²) in [5.74, 6) is 0.137. The molecule has 1 aliphatic heterocycles. The summed E-state index contributed by atoms with van der Waals surface area (Å²) in [6.07, 6.45) is 3.31. The molecule has 1 unspecified atom stereocenters. The van der Waals surface area contributed by atoms with E-state index in [4.69, 9.17) is 5.73 Å². The quantitative estimate of drug-likeness (QED) is 0.847. The maximum absolute atomic E-state index is 12.5. The minimum atomic E-state index is 0.137. The molecule has 2 N–H and O–H groups in total. The molecule has 1 atom stereocenters. The second-order valence-electron chi connectivity index (χ2n) is 4.70. The number of rotatable bonds is 2. The lowest BCUT2D eigenvalue weighted by Gasteiger charge is -2.35. The van der Waals surface area contributed by atoms with Crippen molar-refractivity contribution in [3.05, 3.63) is 35.4 Å². The van der Waals surface area contributed by atoms with Crippen molar-refractivity contribution in [2.24, 2.45) is 5.73 Å². The van der Waals surface area contributed by atoms with E-state index in [1.807, 2.05) is 36.1 Å².